The lowest BCUT2D eigenvalue weighted by molar-refractivity contribution is 0.729. The number of nitrogens with zero attached hydrogens (tertiary/aromatic N) is 3. The highest BCUT2D eigenvalue weighted by molar-refractivity contribution is 5.90. The summed E-state index contributed by atoms with van der Waals surface area (Å²) in [7, 11) is 0. The fourth-order valence-electron chi connectivity index (χ4n) is 2.59. The number of rotatable bonds is 2. The lowest BCUT2D eigenvalue weighted by atomic mass is 10.2. The summed E-state index contributed by atoms with van der Waals surface area (Å²) >= 11 is 0. The zero-order chi connectivity index (χ0) is 12.5. The fraction of sp³-hybridized carbons (Fsp3) is 0.385. The Labute approximate surface area is 106 Å². The average Bonchev–Trinajstić information content (AvgIpc) is 2.83. The molecular weight excluding hydrogens is 226 g/mol. The molecule has 5 heteroatoms. The zero-order valence-electron chi connectivity index (χ0n) is 10.4. The van der Waals surface area contributed by atoms with Gasteiger partial charge in [0.25, 0.3) is 0 Å². The van der Waals surface area contributed by atoms with Crippen molar-refractivity contribution in [2.75, 3.05) is 16.9 Å². The van der Waals surface area contributed by atoms with Gasteiger partial charge in [0, 0.05) is 18.0 Å². The Kier molecular flexibility index (Phi) is 2.76. The first-order valence-electron chi connectivity index (χ1n) is 6.29. The number of nitrogen functional groups attached to an aromatic ring is 1. The van der Waals surface area contributed by atoms with E-state index < -0.39 is 0 Å². The number of benzene rings is 1. The van der Waals surface area contributed by atoms with Crippen LogP contribution in [0.1, 0.15) is 19.8 Å². The van der Waals surface area contributed by atoms with Crippen LogP contribution in [0.15, 0.2) is 24.3 Å². The van der Waals surface area contributed by atoms with Gasteiger partial charge in [-0.15, -0.1) is 0 Å². The van der Waals surface area contributed by atoms with Crippen molar-refractivity contribution in [3.63, 3.8) is 0 Å². The number of aromatic nitrogens is 2. The van der Waals surface area contributed by atoms with Gasteiger partial charge in [-0.05, 0) is 31.9 Å². The molecule has 2 aromatic rings. The maximum absolute atomic E-state index is 5.45. The first kappa shape index (κ1) is 11.2. The molecule has 0 spiro atoms. The summed E-state index contributed by atoms with van der Waals surface area (Å²) < 4.78 is 0. The smallest absolute Gasteiger partial charge is 0.239 e. The first-order chi connectivity index (χ1) is 8.79. The number of nitrogens with two attached hydrogens (primary N) is 1. The van der Waals surface area contributed by atoms with Crippen LogP contribution in [-0.2, 0) is 0 Å². The Morgan fingerprint density at radius 1 is 1.33 bits per heavy atom. The van der Waals surface area contributed by atoms with Gasteiger partial charge in [-0.25, -0.2) is 10.8 Å². The summed E-state index contributed by atoms with van der Waals surface area (Å²) in [6, 6.07) is 8.57. The Morgan fingerprint density at radius 2 is 2.17 bits per heavy atom. The van der Waals surface area contributed by atoms with Crippen LogP contribution in [0.5, 0.6) is 0 Å². The van der Waals surface area contributed by atoms with E-state index in [1.165, 1.54) is 12.8 Å². The summed E-state index contributed by atoms with van der Waals surface area (Å²) in [5.41, 5.74) is 3.47. The molecule has 0 radical (unpaired) electrons. The fourth-order valence-corrected chi connectivity index (χ4v) is 2.59. The number of anilines is 2. The molecule has 94 valence electrons. The maximum Gasteiger partial charge on any atom is 0.239 e. The average molecular weight is 243 g/mol. The molecule has 5 nitrogen and oxygen atoms in total. The van der Waals surface area contributed by atoms with Crippen LogP contribution < -0.4 is 16.2 Å². The third-order valence-electron chi connectivity index (χ3n) is 3.54. The minimum atomic E-state index is 0.475. The third kappa shape index (κ3) is 1.76. The number of fused-ring (bicyclic) bond motifs is 1. The van der Waals surface area contributed by atoms with E-state index in [0.29, 0.717) is 12.0 Å². The second kappa shape index (κ2) is 4.42. The van der Waals surface area contributed by atoms with Gasteiger partial charge in [0.15, 0.2) is 0 Å². The van der Waals surface area contributed by atoms with Gasteiger partial charge >= 0.3 is 0 Å². The van der Waals surface area contributed by atoms with Crippen LogP contribution in [-0.4, -0.2) is 22.6 Å². The van der Waals surface area contributed by atoms with Crippen LogP contribution in [0.3, 0.4) is 0 Å². The highest BCUT2D eigenvalue weighted by atomic mass is 15.3. The van der Waals surface area contributed by atoms with E-state index in [9.17, 15) is 0 Å². The van der Waals surface area contributed by atoms with Crippen LogP contribution >= 0.6 is 0 Å². The van der Waals surface area contributed by atoms with Crippen LogP contribution in [0.4, 0.5) is 11.8 Å². The van der Waals surface area contributed by atoms with E-state index in [0.717, 1.165) is 23.3 Å². The van der Waals surface area contributed by atoms with Crippen molar-refractivity contribution < 1.29 is 0 Å². The first-order valence-corrected chi connectivity index (χ1v) is 6.29. The van der Waals surface area contributed by atoms with E-state index >= 15 is 0 Å². The predicted octanol–water partition coefficient (Wildman–Crippen LogP) is 1.90. The second-order valence-corrected chi connectivity index (χ2v) is 4.72. The lowest BCUT2D eigenvalue weighted by Gasteiger charge is -2.24. The largest absolute Gasteiger partial charge is 0.353 e. The molecule has 3 rings (SSSR count). The van der Waals surface area contributed by atoms with Crippen molar-refractivity contribution in [2.45, 2.75) is 25.8 Å². The Bertz CT molecular complexity index is 568. The van der Waals surface area contributed by atoms with Crippen molar-refractivity contribution in [3.8, 4) is 0 Å². The molecule has 1 aromatic carbocycles. The minimum absolute atomic E-state index is 0.475. The van der Waals surface area contributed by atoms with Gasteiger partial charge in [-0.3, -0.25) is 5.43 Å². The molecule has 0 bridgehead atoms. The zero-order valence-corrected chi connectivity index (χ0v) is 10.4. The van der Waals surface area contributed by atoms with Crippen molar-refractivity contribution in [3.05, 3.63) is 24.3 Å². The predicted molar refractivity (Wildman–Crippen MR) is 73.4 cm³/mol. The molecule has 1 aliphatic rings. The molecular formula is C13H17N5. The number of hydrazine groups is 1. The van der Waals surface area contributed by atoms with E-state index in [4.69, 9.17) is 5.84 Å². The second-order valence-electron chi connectivity index (χ2n) is 4.72. The van der Waals surface area contributed by atoms with Crippen LogP contribution in [0.25, 0.3) is 10.9 Å². The van der Waals surface area contributed by atoms with Crippen molar-refractivity contribution in [1.29, 1.82) is 0 Å². The van der Waals surface area contributed by atoms with E-state index in [1.807, 2.05) is 18.2 Å². The highest BCUT2D eigenvalue weighted by Gasteiger charge is 2.23. The topological polar surface area (TPSA) is 67.1 Å². The molecule has 0 saturated carbocycles. The third-order valence-corrected chi connectivity index (χ3v) is 3.54. The summed E-state index contributed by atoms with van der Waals surface area (Å²) in [6.07, 6.45) is 2.43. The number of para-hydroxylation sites is 1. The molecule has 1 saturated heterocycles. The monoisotopic (exact) mass is 243 g/mol. The highest BCUT2D eigenvalue weighted by Crippen LogP contribution is 2.30. The molecule has 1 fully saturated rings. The SMILES string of the molecule is CC1CCCN1c1nc(NN)nc2ccccc12. The van der Waals surface area contributed by atoms with Crippen molar-refractivity contribution in [1.82, 2.24) is 9.97 Å². The molecule has 1 unspecified atom stereocenters. The number of nitrogens with one attached hydrogen (secondary N) is 1. The molecule has 1 atom stereocenters. The van der Waals surface area contributed by atoms with Gasteiger partial charge < -0.3 is 4.90 Å². The molecule has 2 heterocycles. The normalized spacial score (nSPS) is 19.4. The van der Waals surface area contributed by atoms with Gasteiger partial charge in [0.05, 0.1) is 5.52 Å². The summed E-state index contributed by atoms with van der Waals surface area (Å²) in [5, 5.41) is 1.09. The Balaban J connectivity index is 2.19. The minimum Gasteiger partial charge on any atom is -0.353 e. The van der Waals surface area contributed by atoms with Crippen molar-refractivity contribution >= 4 is 22.7 Å². The van der Waals surface area contributed by atoms with Gasteiger partial charge in [-0.1, -0.05) is 12.1 Å². The molecule has 0 amide bonds. The maximum atomic E-state index is 5.45. The quantitative estimate of drug-likeness (QED) is 0.623. The lowest BCUT2D eigenvalue weighted by Crippen LogP contribution is -2.28. The van der Waals surface area contributed by atoms with Gasteiger partial charge in [0.1, 0.15) is 5.82 Å². The Hall–Kier alpha value is -1.88. The van der Waals surface area contributed by atoms with E-state index in [-0.39, 0.29) is 0 Å². The molecule has 0 aliphatic carbocycles. The Morgan fingerprint density at radius 3 is 2.89 bits per heavy atom. The standard InChI is InChI=1S/C13H17N5/c1-9-5-4-8-18(9)12-10-6-2-3-7-11(10)15-13(16-12)17-14/h2-3,6-7,9H,4-5,8,14H2,1H3,(H,15,16,17). The molecule has 1 aromatic heterocycles. The summed E-state index contributed by atoms with van der Waals surface area (Å²) in [5.74, 6) is 6.91. The van der Waals surface area contributed by atoms with Crippen LogP contribution in [0.2, 0.25) is 0 Å². The summed E-state index contributed by atoms with van der Waals surface area (Å²) in [4.78, 5) is 11.2. The van der Waals surface area contributed by atoms with Gasteiger partial charge in [0.2, 0.25) is 5.95 Å². The molecule has 3 N–H and O–H groups in total. The van der Waals surface area contributed by atoms with Crippen LogP contribution in [0, 0.1) is 0 Å². The van der Waals surface area contributed by atoms with E-state index in [1.54, 1.807) is 0 Å². The molecule has 18 heavy (non-hydrogen) atoms. The number of hydrogen-bond donors (Lipinski definition) is 2. The summed E-state index contributed by atoms with van der Waals surface area (Å²) in [6.45, 7) is 3.28. The number of hydrogen-bond acceptors (Lipinski definition) is 5. The molecule has 1 aliphatic heterocycles. The van der Waals surface area contributed by atoms with Crippen molar-refractivity contribution in [2.24, 2.45) is 5.84 Å². The van der Waals surface area contributed by atoms with E-state index in [2.05, 4.69) is 33.3 Å². The van der Waals surface area contributed by atoms with Gasteiger partial charge in [-0.2, -0.15) is 4.98 Å².